The smallest absolute Gasteiger partial charge is 0.0772 e. The van der Waals surface area contributed by atoms with Crippen molar-refractivity contribution in [2.75, 3.05) is 6.54 Å². The summed E-state index contributed by atoms with van der Waals surface area (Å²) in [6.07, 6.45) is 2.08. The molecule has 0 aliphatic rings. The van der Waals surface area contributed by atoms with Crippen LogP contribution in [-0.2, 0) is 12.8 Å². The highest BCUT2D eigenvalue weighted by Crippen LogP contribution is 2.23. The Morgan fingerprint density at radius 3 is 2.37 bits per heavy atom. The fourth-order valence-electron chi connectivity index (χ4n) is 2.21. The van der Waals surface area contributed by atoms with Crippen molar-refractivity contribution in [1.82, 2.24) is 14.9 Å². The molecule has 1 aromatic carbocycles. The molecule has 1 heterocycles. The number of nitrogens with zero attached hydrogens (tertiary/aromatic N) is 2. The van der Waals surface area contributed by atoms with Crippen LogP contribution in [0.3, 0.4) is 0 Å². The van der Waals surface area contributed by atoms with E-state index in [1.165, 1.54) is 27.5 Å². The molecule has 2 aromatic rings. The molecule has 1 N–H and O–H groups in total. The largest absolute Gasteiger partial charge is 0.309 e. The summed E-state index contributed by atoms with van der Waals surface area (Å²) in [5, 5.41) is 7.65. The van der Waals surface area contributed by atoms with Crippen molar-refractivity contribution in [2.24, 2.45) is 0 Å². The van der Waals surface area contributed by atoms with Gasteiger partial charge in [0, 0.05) is 6.04 Å². The van der Waals surface area contributed by atoms with E-state index < -0.39 is 0 Å². The summed E-state index contributed by atoms with van der Waals surface area (Å²) in [4.78, 5) is 1.25. The average molecular weight is 275 g/mol. The number of aromatic nitrogens is 2. The zero-order chi connectivity index (χ0) is 13.7. The van der Waals surface area contributed by atoms with E-state index in [0.717, 1.165) is 25.1 Å². The molecule has 3 nitrogen and oxygen atoms in total. The lowest BCUT2D eigenvalue weighted by Gasteiger charge is -2.16. The molecule has 0 spiro atoms. The summed E-state index contributed by atoms with van der Waals surface area (Å²) in [7, 11) is 0. The molecule has 1 aromatic heterocycles. The molecule has 4 heteroatoms. The summed E-state index contributed by atoms with van der Waals surface area (Å²) in [6, 6.07) is 9.21. The molecule has 102 valence electrons. The molecule has 0 amide bonds. The van der Waals surface area contributed by atoms with Crippen LogP contribution in [0.4, 0.5) is 0 Å². The Balaban J connectivity index is 2.14. The highest BCUT2D eigenvalue weighted by Gasteiger charge is 2.16. The number of hydrogen-bond donors (Lipinski definition) is 1. The number of benzene rings is 1. The van der Waals surface area contributed by atoms with Gasteiger partial charge in [0.15, 0.2) is 0 Å². The second kappa shape index (κ2) is 6.78. The fourth-order valence-corrected chi connectivity index (χ4v) is 2.93. The van der Waals surface area contributed by atoms with Gasteiger partial charge in [-0.2, -0.15) is 0 Å². The van der Waals surface area contributed by atoms with E-state index in [1.54, 1.807) is 0 Å². The van der Waals surface area contributed by atoms with Crippen LogP contribution in [0, 0.1) is 6.92 Å². The molecule has 0 bridgehead atoms. The SMILES string of the molecule is CCNC(Cc1ccc(CC)cc1)c1snnc1C. The third kappa shape index (κ3) is 3.61. The van der Waals surface area contributed by atoms with E-state index in [-0.39, 0.29) is 0 Å². The first-order valence-corrected chi connectivity index (χ1v) is 7.62. The van der Waals surface area contributed by atoms with Gasteiger partial charge in [0.2, 0.25) is 0 Å². The first kappa shape index (κ1) is 14.2. The number of hydrogen-bond acceptors (Lipinski definition) is 4. The van der Waals surface area contributed by atoms with Crippen LogP contribution in [0.1, 0.15) is 41.6 Å². The van der Waals surface area contributed by atoms with Gasteiger partial charge in [0.25, 0.3) is 0 Å². The Hall–Kier alpha value is -1.26. The molecular weight excluding hydrogens is 254 g/mol. The van der Waals surface area contributed by atoms with Crippen LogP contribution in [0.15, 0.2) is 24.3 Å². The summed E-state index contributed by atoms with van der Waals surface area (Å²) in [6.45, 7) is 7.30. The first-order chi connectivity index (χ1) is 9.24. The van der Waals surface area contributed by atoms with Crippen LogP contribution >= 0.6 is 11.5 Å². The number of nitrogens with one attached hydrogen (secondary N) is 1. The number of rotatable bonds is 6. The van der Waals surface area contributed by atoms with Crippen LogP contribution < -0.4 is 5.32 Å². The maximum atomic E-state index is 4.12. The van der Waals surface area contributed by atoms with Crippen molar-refractivity contribution in [3.63, 3.8) is 0 Å². The highest BCUT2D eigenvalue weighted by atomic mass is 32.1. The van der Waals surface area contributed by atoms with Gasteiger partial charge in [0.05, 0.1) is 10.6 Å². The lowest BCUT2D eigenvalue weighted by atomic mass is 10.0. The van der Waals surface area contributed by atoms with E-state index in [0.29, 0.717) is 6.04 Å². The van der Waals surface area contributed by atoms with Gasteiger partial charge in [-0.05, 0) is 49.0 Å². The fraction of sp³-hybridized carbons (Fsp3) is 0.467. The maximum absolute atomic E-state index is 4.12. The molecule has 0 aliphatic carbocycles. The standard InChI is InChI=1S/C15H21N3S/c1-4-12-6-8-13(9-7-12)10-14(16-5-2)15-11(3)17-18-19-15/h6-9,14,16H,4-5,10H2,1-3H3. The van der Waals surface area contributed by atoms with E-state index in [4.69, 9.17) is 0 Å². The van der Waals surface area contributed by atoms with Gasteiger partial charge in [-0.3, -0.25) is 0 Å². The zero-order valence-corrected chi connectivity index (χ0v) is 12.6. The molecule has 1 atom stereocenters. The third-order valence-corrected chi connectivity index (χ3v) is 4.26. The minimum absolute atomic E-state index is 0.317. The highest BCUT2D eigenvalue weighted by molar-refractivity contribution is 7.05. The van der Waals surface area contributed by atoms with Crippen LogP contribution in [0.2, 0.25) is 0 Å². The number of aryl methyl sites for hydroxylation is 2. The van der Waals surface area contributed by atoms with Gasteiger partial charge in [-0.15, -0.1) is 5.10 Å². The van der Waals surface area contributed by atoms with Gasteiger partial charge < -0.3 is 5.32 Å². The van der Waals surface area contributed by atoms with Crippen molar-refractivity contribution in [3.05, 3.63) is 46.0 Å². The summed E-state index contributed by atoms with van der Waals surface area (Å²) in [5.74, 6) is 0. The van der Waals surface area contributed by atoms with Crippen molar-refractivity contribution in [3.8, 4) is 0 Å². The molecular formula is C15H21N3S. The van der Waals surface area contributed by atoms with Crippen molar-refractivity contribution < 1.29 is 0 Å². The predicted molar refractivity (Wildman–Crippen MR) is 80.6 cm³/mol. The van der Waals surface area contributed by atoms with E-state index >= 15 is 0 Å². The summed E-state index contributed by atoms with van der Waals surface area (Å²) < 4.78 is 4.05. The minimum atomic E-state index is 0.317. The Labute approximate surface area is 119 Å². The van der Waals surface area contributed by atoms with Crippen molar-refractivity contribution in [2.45, 2.75) is 39.7 Å². The zero-order valence-electron chi connectivity index (χ0n) is 11.8. The maximum Gasteiger partial charge on any atom is 0.0772 e. The summed E-state index contributed by atoms with van der Waals surface area (Å²) in [5.41, 5.74) is 3.79. The summed E-state index contributed by atoms with van der Waals surface area (Å²) >= 11 is 1.50. The van der Waals surface area contributed by atoms with Crippen molar-refractivity contribution >= 4 is 11.5 Å². The monoisotopic (exact) mass is 275 g/mol. The van der Waals surface area contributed by atoms with Gasteiger partial charge in [-0.1, -0.05) is 42.6 Å². The molecule has 0 saturated heterocycles. The van der Waals surface area contributed by atoms with Crippen LogP contribution in [0.25, 0.3) is 0 Å². The normalized spacial score (nSPS) is 12.6. The first-order valence-electron chi connectivity index (χ1n) is 6.84. The molecule has 0 aliphatic heterocycles. The van der Waals surface area contributed by atoms with Crippen LogP contribution in [-0.4, -0.2) is 16.1 Å². The molecule has 0 fully saturated rings. The molecule has 1 unspecified atom stereocenters. The van der Waals surface area contributed by atoms with E-state index in [9.17, 15) is 0 Å². The molecule has 2 rings (SSSR count). The number of likely N-dealkylation sites (N-methyl/N-ethyl adjacent to an activating group) is 1. The minimum Gasteiger partial charge on any atom is -0.309 e. The van der Waals surface area contributed by atoms with Gasteiger partial charge in [0.1, 0.15) is 0 Å². The van der Waals surface area contributed by atoms with Gasteiger partial charge >= 0.3 is 0 Å². The van der Waals surface area contributed by atoms with Crippen molar-refractivity contribution in [1.29, 1.82) is 0 Å². The molecule has 19 heavy (non-hydrogen) atoms. The Bertz CT molecular complexity index is 504. The predicted octanol–water partition coefficient (Wildman–Crippen LogP) is 3.30. The topological polar surface area (TPSA) is 37.8 Å². The second-order valence-electron chi connectivity index (χ2n) is 4.71. The lowest BCUT2D eigenvalue weighted by Crippen LogP contribution is -2.22. The van der Waals surface area contributed by atoms with Gasteiger partial charge in [-0.25, -0.2) is 0 Å². The Morgan fingerprint density at radius 1 is 1.16 bits per heavy atom. The third-order valence-electron chi connectivity index (χ3n) is 3.32. The molecule has 0 saturated carbocycles. The Kier molecular flexibility index (Phi) is 5.05. The lowest BCUT2D eigenvalue weighted by molar-refractivity contribution is 0.554. The van der Waals surface area contributed by atoms with E-state index in [1.807, 2.05) is 6.92 Å². The Morgan fingerprint density at radius 2 is 1.84 bits per heavy atom. The second-order valence-corrected chi connectivity index (χ2v) is 5.49. The quantitative estimate of drug-likeness (QED) is 0.879. The van der Waals surface area contributed by atoms with Crippen LogP contribution in [0.5, 0.6) is 0 Å². The average Bonchev–Trinajstić information content (AvgIpc) is 2.85. The van der Waals surface area contributed by atoms with E-state index in [2.05, 4.69) is 53.0 Å². The molecule has 0 radical (unpaired) electrons.